The fourth-order valence-corrected chi connectivity index (χ4v) is 3.07. The van der Waals surface area contributed by atoms with E-state index in [-0.39, 0.29) is 18.8 Å². The topological polar surface area (TPSA) is 58.9 Å². The summed E-state index contributed by atoms with van der Waals surface area (Å²) < 4.78 is 11.9. The van der Waals surface area contributed by atoms with Gasteiger partial charge in [0.2, 0.25) is 0 Å². The molecule has 4 nitrogen and oxygen atoms in total. The third kappa shape index (κ3) is 3.05. The van der Waals surface area contributed by atoms with Crippen molar-refractivity contribution in [3.05, 3.63) is 0 Å². The van der Waals surface area contributed by atoms with Gasteiger partial charge in [0.05, 0.1) is 12.7 Å². The van der Waals surface area contributed by atoms with Gasteiger partial charge in [-0.25, -0.2) is 0 Å². The van der Waals surface area contributed by atoms with Crippen LogP contribution < -0.4 is 0 Å². The van der Waals surface area contributed by atoms with Crippen LogP contribution in [0.3, 0.4) is 0 Å². The van der Waals surface area contributed by atoms with Gasteiger partial charge in [-0.2, -0.15) is 0 Å². The first-order valence-corrected chi connectivity index (χ1v) is 7.35. The van der Waals surface area contributed by atoms with Gasteiger partial charge in [0.25, 0.3) is 0 Å². The highest BCUT2D eigenvalue weighted by Crippen LogP contribution is 2.41. The van der Waals surface area contributed by atoms with Crippen molar-refractivity contribution in [2.75, 3.05) is 6.61 Å². The summed E-state index contributed by atoms with van der Waals surface area (Å²) in [4.78, 5) is 0. The lowest BCUT2D eigenvalue weighted by Crippen LogP contribution is -2.37. The predicted octanol–water partition coefficient (Wildman–Crippen LogP) is 1.97. The summed E-state index contributed by atoms with van der Waals surface area (Å²) in [5.41, 5.74) is 0. The first-order chi connectivity index (χ1) is 8.71. The van der Waals surface area contributed by atoms with E-state index >= 15 is 0 Å². The minimum atomic E-state index is -0.525. The summed E-state index contributed by atoms with van der Waals surface area (Å²) in [6.07, 6.45) is 6.72. The van der Waals surface area contributed by atoms with E-state index in [1.54, 1.807) is 0 Å². The summed E-state index contributed by atoms with van der Waals surface area (Å²) in [6.45, 7) is 2.03. The number of hydrogen-bond donors (Lipinski definition) is 2. The Morgan fingerprint density at radius 3 is 2.56 bits per heavy atom. The minimum Gasteiger partial charge on any atom is -0.394 e. The second-order valence-corrected chi connectivity index (χ2v) is 5.60. The summed E-state index contributed by atoms with van der Waals surface area (Å²) in [7, 11) is 0. The van der Waals surface area contributed by atoms with Crippen LogP contribution >= 0.6 is 0 Å². The van der Waals surface area contributed by atoms with Crippen molar-refractivity contribution in [3.8, 4) is 0 Å². The molecule has 1 heterocycles. The maximum Gasteiger partial charge on any atom is 0.169 e. The lowest BCUT2D eigenvalue weighted by atomic mass is 9.94. The number of unbranched alkanes of at least 4 members (excludes halogenated alkanes) is 1. The van der Waals surface area contributed by atoms with Crippen molar-refractivity contribution in [2.45, 2.75) is 82.4 Å². The lowest BCUT2D eigenvalue weighted by molar-refractivity contribution is -0.201. The first-order valence-electron chi connectivity index (χ1n) is 7.35. The van der Waals surface area contributed by atoms with E-state index in [4.69, 9.17) is 9.47 Å². The van der Waals surface area contributed by atoms with Crippen molar-refractivity contribution in [2.24, 2.45) is 0 Å². The summed E-state index contributed by atoms with van der Waals surface area (Å²) in [5, 5.41) is 19.6. The molecule has 0 aromatic carbocycles. The molecule has 2 N–H and O–H groups in total. The van der Waals surface area contributed by atoms with Gasteiger partial charge in [-0.15, -0.1) is 0 Å². The maximum atomic E-state index is 10.2. The molecule has 0 aromatic heterocycles. The van der Waals surface area contributed by atoms with Gasteiger partial charge in [-0.1, -0.05) is 26.2 Å². The van der Waals surface area contributed by atoms with Crippen molar-refractivity contribution >= 4 is 0 Å². The fraction of sp³-hybridized carbons (Fsp3) is 1.00. The van der Waals surface area contributed by atoms with Crippen LogP contribution in [0, 0.1) is 0 Å². The van der Waals surface area contributed by atoms with Crippen LogP contribution in [-0.4, -0.2) is 40.9 Å². The van der Waals surface area contributed by atoms with Gasteiger partial charge in [0.1, 0.15) is 12.2 Å². The average molecular weight is 258 g/mol. The lowest BCUT2D eigenvalue weighted by Gasteiger charge is -2.32. The van der Waals surface area contributed by atoms with Gasteiger partial charge in [-0.3, -0.25) is 0 Å². The Balaban J connectivity index is 1.97. The monoisotopic (exact) mass is 258 g/mol. The SMILES string of the molecule is CCCC[C@H](O)[C@H]1OC2(CCCCC2)O[C@H]1CO. The normalized spacial score (nSPS) is 32.8. The van der Waals surface area contributed by atoms with E-state index < -0.39 is 11.9 Å². The van der Waals surface area contributed by atoms with E-state index in [9.17, 15) is 10.2 Å². The molecule has 1 saturated heterocycles. The van der Waals surface area contributed by atoms with E-state index in [0.717, 1.165) is 44.9 Å². The molecule has 4 heteroatoms. The fourth-order valence-electron chi connectivity index (χ4n) is 3.07. The van der Waals surface area contributed by atoms with Crippen molar-refractivity contribution in [1.29, 1.82) is 0 Å². The largest absolute Gasteiger partial charge is 0.394 e. The molecule has 0 amide bonds. The van der Waals surface area contributed by atoms with Crippen LogP contribution in [0.25, 0.3) is 0 Å². The smallest absolute Gasteiger partial charge is 0.169 e. The molecule has 0 radical (unpaired) electrons. The molecule has 3 atom stereocenters. The molecule has 0 bridgehead atoms. The number of ether oxygens (including phenoxy) is 2. The molecule has 0 unspecified atom stereocenters. The molecule has 1 aliphatic heterocycles. The summed E-state index contributed by atoms with van der Waals surface area (Å²) in [5.74, 6) is -0.524. The van der Waals surface area contributed by atoms with Gasteiger partial charge in [-0.05, 0) is 19.3 Å². The van der Waals surface area contributed by atoms with E-state index in [1.807, 2.05) is 0 Å². The zero-order valence-electron chi connectivity index (χ0n) is 11.3. The Bertz CT molecular complexity index is 250. The third-order valence-corrected chi connectivity index (χ3v) is 4.11. The predicted molar refractivity (Wildman–Crippen MR) is 68.2 cm³/mol. The van der Waals surface area contributed by atoms with E-state index in [2.05, 4.69) is 6.92 Å². The summed E-state index contributed by atoms with van der Waals surface area (Å²) in [6, 6.07) is 0. The van der Waals surface area contributed by atoms with E-state index in [1.165, 1.54) is 6.42 Å². The number of hydrogen-bond acceptors (Lipinski definition) is 4. The quantitative estimate of drug-likeness (QED) is 0.791. The molecule has 0 aromatic rings. The third-order valence-electron chi connectivity index (χ3n) is 4.11. The molecule has 2 aliphatic rings. The van der Waals surface area contributed by atoms with Crippen LogP contribution in [0.5, 0.6) is 0 Å². The molecule has 2 rings (SSSR count). The number of rotatable bonds is 5. The zero-order chi connectivity index (χ0) is 13.0. The molecule has 106 valence electrons. The van der Waals surface area contributed by atoms with Crippen LogP contribution in [0.15, 0.2) is 0 Å². The minimum absolute atomic E-state index is 0.0738. The Kier molecular flexibility index (Phi) is 5.01. The Morgan fingerprint density at radius 1 is 1.22 bits per heavy atom. The molecule has 1 aliphatic carbocycles. The van der Waals surface area contributed by atoms with Gasteiger partial charge >= 0.3 is 0 Å². The van der Waals surface area contributed by atoms with Gasteiger partial charge < -0.3 is 19.7 Å². The maximum absolute atomic E-state index is 10.2. The standard InChI is InChI=1S/C14H26O4/c1-2-3-7-11(16)13-12(10-15)17-14(18-13)8-5-4-6-9-14/h11-13,15-16H,2-10H2,1H3/t11-,12-,13+/m0/s1. The molecule has 18 heavy (non-hydrogen) atoms. The van der Waals surface area contributed by atoms with Crippen molar-refractivity contribution in [1.82, 2.24) is 0 Å². The molecule has 1 spiro atoms. The number of aliphatic hydroxyl groups excluding tert-OH is 2. The number of aliphatic hydroxyl groups is 2. The summed E-state index contributed by atoms with van der Waals surface area (Å²) >= 11 is 0. The van der Waals surface area contributed by atoms with Crippen molar-refractivity contribution in [3.63, 3.8) is 0 Å². The van der Waals surface area contributed by atoms with E-state index in [0.29, 0.717) is 0 Å². The second-order valence-electron chi connectivity index (χ2n) is 5.60. The molecular formula is C14H26O4. The highest BCUT2D eigenvalue weighted by Gasteiger charge is 2.49. The Labute approximate surface area is 109 Å². The second kappa shape index (κ2) is 6.33. The van der Waals surface area contributed by atoms with Gasteiger partial charge in [0.15, 0.2) is 5.79 Å². The average Bonchev–Trinajstić information content (AvgIpc) is 2.75. The molecular weight excluding hydrogens is 232 g/mol. The highest BCUT2D eigenvalue weighted by molar-refractivity contribution is 4.91. The van der Waals surface area contributed by atoms with Crippen LogP contribution in [0.2, 0.25) is 0 Å². The van der Waals surface area contributed by atoms with Crippen LogP contribution in [0.4, 0.5) is 0 Å². The van der Waals surface area contributed by atoms with Crippen molar-refractivity contribution < 1.29 is 19.7 Å². The molecule has 1 saturated carbocycles. The van der Waals surface area contributed by atoms with Gasteiger partial charge in [0, 0.05) is 12.8 Å². The highest BCUT2D eigenvalue weighted by atomic mass is 16.8. The Morgan fingerprint density at radius 2 is 1.94 bits per heavy atom. The molecule has 2 fully saturated rings. The zero-order valence-corrected chi connectivity index (χ0v) is 11.3. The van der Waals surface area contributed by atoms with Crippen LogP contribution in [0.1, 0.15) is 58.3 Å². The van der Waals surface area contributed by atoms with Crippen LogP contribution in [-0.2, 0) is 9.47 Å². The Hall–Kier alpha value is -0.160. The first kappa shape index (κ1) is 14.3.